The smallest absolute Gasteiger partial charge is 0.302 e. The van der Waals surface area contributed by atoms with Gasteiger partial charge in [0.15, 0.2) is 0 Å². The Labute approximate surface area is 194 Å². The highest BCUT2D eigenvalue weighted by molar-refractivity contribution is 5.88. The van der Waals surface area contributed by atoms with Crippen LogP contribution in [0.4, 0.5) is 0 Å². The highest BCUT2D eigenvalue weighted by Crippen LogP contribution is 2.72. The van der Waals surface area contributed by atoms with Gasteiger partial charge >= 0.3 is 5.97 Å². The number of ether oxygens (including phenoxy) is 1. The van der Waals surface area contributed by atoms with E-state index in [2.05, 4.69) is 34.6 Å². The van der Waals surface area contributed by atoms with Crippen molar-refractivity contribution in [2.45, 2.75) is 112 Å². The molecule has 0 aliphatic heterocycles. The van der Waals surface area contributed by atoms with Crippen LogP contribution < -0.4 is 0 Å². The van der Waals surface area contributed by atoms with Gasteiger partial charge in [-0.2, -0.15) is 0 Å². The SMILES string of the molecule is CC[C@@]1(C)CCC[C@]2(C)[C@H]3CC(=O)[C@]4(C)C[C@H](C(C)=O)[C@@H](OC(C)=O)C[C@H]4[C@]3(C)CC[C@@H]12. The topological polar surface area (TPSA) is 60.4 Å². The number of fused-ring (bicyclic) bond motifs is 5. The molecule has 4 saturated carbocycles. The number of hydrogen-bond acceptors (Lipinski definition) is 4. The van der Waals surface area contributed by atoms with Crippen molar-refractivity contribution in [1.82, 2.24) is 0 Å². The number of carbonyl (C=O) groups is 3. The fourth-order valence-corrected chi connectivity index (χ4v) is 9.66. The Kier molecular flexibility index (Phi) is 5.74. The van der Waals surface area contributed by atoms with Crippen LogP contribution in [0.5, 0.6) is 0 Å². The van der Waals surface area contributed by atoms with E-state index in [1.807, 2.05) is 0 Å². The quantitative estimate of drug-likeness (QED) is 0.490. The van der Waals surface area contributed by atoms with Crippen LogP contribution in [0.3, 0.4) is 0 Å². The first-order chi connectivity index (χ1) is 14.8. The third-order valence-electron chi connectivity index (χ3n) is 11.5. The summed E-state index contributed by atoms with van der Waals surface area (Å²) in [6.07, 6.45) is 8.77. The predicted octanol–water partition coefficient (Wildman–Crippen LogP) is 6.15. The first-order valence-corrected chi connectivity index (χ1v) is 13.0. The lowest BCUT2D eigenvalue weighted by molar-refractivity contribution is -0.214. The molecular weight excluding hydrogens is 400 g/mol. The van der Waals surface area contributed by atoms with E-state index >= 15 is 0 Å². The fourth-order valence-electron chi connectivity index (χ4n) is 9.66. The molecule has 0 aromatic heterocycles. The van der Waals surface area contributed by atoms with Gasteiger partial charge < -0.3 is 4.74 Å². The Morgan fingerprint density at radius 1 is 0.969 bits per heavy atom. The van der Waals surface area contributed by atoms with Crippen molar-refractivity contribution in [1.29, 1.82) is 0 Å². The lowest BCUT2D eigenvalue weighted by Gasteiger charge is -2.69. The van der Waals surface area contributed by atoms with Crippen molar-refractivity contribution >= 4 is 17.5 Å². The maximum absolute atomic E-state index is 13.9. The molecule has 0 heterocycles. The summed E-state index contributed by atoms with van der Waals surface area (Å²) in [5.74, 6) is 0.901. The molecule has 0 aromatic rings. The third kappa shape index (κ3) is 3.25. The second-order valence-electron chi connectivity index (χ2n) is 12.9. The predicted molar refractivity (Wildman–Crippen MR) is 125 cm³/mol. The summed E-state index contributed by atoms with van der Waals surface area (Å²) in [5.41, 5.74) is 0.0935. The highest BCUT2D eigenvalue weighted by atomic mass is 16.5. The van der Waals surface area contributed by atoms with Crippen molar-refractivity contribution in [2.75, 3.05) is 0 Å². The lowest BCUT2D eigenvalue weighted by atomic mass is 9.35. The molecule has 180 valence electrons. The van der Waals surface area contributed by atoms with E-state index in [1.54, 1.807) is 6.92 Å². The normalized spacial score (nSPS) is 50.6. The summed E-state index contributed by atoms with van der Waals surface area (Å²) in [6, 6.07) is 0. The molecule has 4 aliphatic rings. The van der Waals surface area contributed by atoms with Gasteiger partial charge in [0.1, 0.15) is 17.7 Å². The van der Waals surface area contributed by atoms with Gasteiger partial charge in [-0.1, -0.05) is 47.5 Å². The Morgan fingerprint density at radius 3 is 2.22 bits per heavy atom. The lowest BCUT2D eigenvalue weighted by Crippen LogP contribution is -2.66. The van der Waals surface area contributed by atoms with Crippen LogP contribution in [0.1, 0.15) is 106 Å². The minimum atomic E-state index is -0.496. The number of Topliss-reactive ketones (excluding diaryl/α,β-unsaturated/α-hetero) is 2. The van der Waals surface area contributed by atoms with Gasteiger partial charge in [-0.3, -0.25) is 14.4 Å². The Morgan fingerprint density at radius 2 is 1.62 bits per heavy atom. The van der Waals surface area contributed by atoms with Crippen molar-refractivity contribution in [3.05, 3.63) is 0 Å². The summed E-state index contributed by atoms with van der Waals surface area (Å²) in [4.78, 5) is 38.3. The first-order valence-electron chi connectivity index (χ1n) is 13.0. The Balaban J connectivity index is 1.75. The van der Waals surface area contributed by atoms with Gasteiger partial charge in [-0.15, -0.1) is 0 Å². The van der Waals surface area contributed by atoms with E-state index in [9.17, 15) is 14.4 Å². The van der Waals surface area contributed by atoms with Gasteiger partial charge in [-0.05, 0) is 79.4 Å². The third-order valence-corrected chi connectivity index (χ3v) is 11.5. The minimum Gasteiger partial charge on any atom is -0.462 e. The van der Waals surface area contributed by atoms with Crippen LogP contribution in [0.2, 0.25) is 0 Å². The van der Waals surface area contributed by atoms with Crippen LogP contribution in [-0.2, 0) is 19.1 Å². The monoisotopic (exact) mass is 444 g/mol. The zero-order valence-corrected chi connectivity index (χ0v) is 21.4. The van der Waals surface area contributed by atoms with Gasteiger partial charge in [-0.25, -0.2) is 0 Å². The molecule has 0 unspecified atom stereocenters. The van der Waals surface area contributed by atoms with Gasteiger partial charge in [0.2, 0.25) is 0 Å². The standard InChI is InChI=1S/C28H44O4/c1-8-25(4)11-9-12-26(5)21(25)10-13-27(6)22-14-20(32-18(3)30)19(17(2)29)16-28(22,7)24(31)15-23(26)27/h19-23H,8-16H2,1-7H3/t19-,20+,21+,22+,23-,25+,26+,27+,28-/m1/s1. The van der Waals surface area contributed by atoms with E-state index in [1.165, 1.54) is 39.0 Å². The first kappa shape index (κ1) is 24.0. The molecular formula is C28H44O4. The minimum absolute atomic E-state index is 0.0395. The van der Waals surface area contributed by atoms with Crippen LogP contribution in [0, 0.1) is 45.3 Å². The highest BCUT2D eigenvalue weighted by Gasteiger charge is 2.68. The molecule has 4 rings (SSSR count). The summed E-state index contributed by atoms with van der Waals surface area (Å²) in [6.45, 7) is 14.9. The second kappa shape index (κ2) is 7.67. The molecule has 4 aliphatic carbocycles. The van der Waals surface area contributed by atoms with Crippen molar-refractivity contribution in [3.8, 4) is 0 Å². The average molecular weight is 445 g/mol. The molecule has 0 N–H and O–H groups in total. The van der Waals surface area contributed by atoms with E-state index < -0.39 is 11.5 Å². The molecule has 0 radical (unpaired) electrons. The maximum Gasteiger partial charge on any atom is 0.302 e. The molecule has 0 bridgehead atoms. The Bertz CT molecular complexity index is 818. The summed E-state index contributed by atoms with van der Waals surface area (Å²) in [5, 5.41) is 0. The molecule has 0 aromatic carbocycles. The van der Waals surface area contributed by atoms with E-state index in [0.29, 0.717) is 42.3 Å². The second-order valence-corrected chi connectivity index (χ2v) is 12.9. The van der Waals surface area contributed by atoms with Crippen LogP contribution in [0.25, 0.3) is 0 Å². The molecule has 0 amide bonds. The molecule has 4 nitrogen and oxygen atoms in total. The van der Waals surface area contributed by atoms with Crippen molar-refractivity contribution < 1.29 is 19.1 Å². The summed E-state index contributed by atoms with van der Waals surface area (Å²) < 4.78 is 5.73. The van der Waals surface area contributed by atoms with Crippen LogP contribution in [-0.4, -0.2) is 23.6 Å². The van der Waals surface area contributed by atoms with E-state index in [-0.39, 0.29) is 34.4 Å². The number of esters is 1. The maximum atomic E-state index is 13.9. The number of carbonyl (C=O) groups excluding carboxylic acids is 3. The fraction of sp³-hybridized carbons (Fsp3) is 0.893. The van der Waals surface area contributed by atoms with Gasteiger partial charge in [0, 0.05) is 18.8 Å². The number of rotatable bonds is 3. The molecule has 4 heteroatoms. The largest absolute Gasteiger partial charge is 0.462 e. The van der Waals surface area contributed by atoms with Crippen molar-refractivity contribution in [2.24, 2.45) is 45.3 Å². The molecule has 4 fully saturated rings. The van der Waals surface area contributed by atoms with Crippen LogP contribution >= 0.6 is 0 Å². The van der Waals surface area contributed by atoms with Gasteiger partial charge in [0.25, 0.3) is 0 Å². The number of hydrogen-bond donors (Lipinski definition) is 0. The van der Waals surface area contributed by atoms with Crippen molar-refractivity contribution in [3.63, 3.8) is 0 Å². The molecule has 32 heavy (non-hydrogen) atoms. The molecule has 0 saturated heterocycles. The molecule has 0 spiro atoms. The van der Waals surface area contributed by atoms with E-state index in [4.69, 9.17) is 4.74 Å². The van der Waals surface area contributed by atoms with Gasteiger partial charge in [0.05, 0.1) is 5.92 Å². The zero-order valence-electron chi connectivity index (χ0n) is 21.4. The average Bonchev–Trinajstić information content (AvgIpc) is 2.70. The molecule has 9 atom stereocenters. The Hall–Kier alpha value is -1.19. The van der Waals surface area contributed by atoms with Crippen LogP contribution in [0.15, 0.2) is 0 Å². The zero-order chi connectivity index (χ0) is 23.7. The van der Waals surface area contributed by atoms with E-state index in [0.717, 1.165) is 6.42 Å². The summed E-state index contributed by atoms with van der Waals surface area (Å²) >= 11 is 0. The summed E-state index contributed by atoms with van der Waals surface area (Å²) in [7, 11) is 0. The number of ketones is 2.